The van der Waals surface area contributed by atoms with Crippen LogP contribution < -0.4 is 0 Å². The minimum atomic E-state index is -0.788. The summed E-state index contributed by atoms with van der Waals surface area (Å²) in [6.45, 7) is 4.49. The summed E-state index contributed by atoms with van der Waals surface area (Å²) >= 11 is 0. The largest absolute Gasteiger partial charge is 0.481 e. The van der Waals surface area contributed by atoms with Crippen LogP contribution in [0, 0.1) is 0 Å². The van der Waals surface area contributed by atoms with E-state index in [1.54, 1.807) is 0 Å². The van der Waals surface area contributed by atoms with Gasteiger partial charge >= 0.3 is 5.97 Å². The van der Waals surface area contributed by atoms with Gasteiger partial charge < -0.3 is 10.1 Å². The molecule has 7 heteroatoms. The molecule has 0 bridgehead atoms. The van der Waals surface area contributed by atoms with E-state index in [2.05, 4.69) is 26.1 Å². The van der Waals surface area contributed by atoms with Gasteiger partial charge in [0.05, 0.1) is 5.70 Å². The molecule has 0 aromatic carbocycles. The molecule has 2 N–H and O–H groups in total. The first-order valence-corrected chi connectivity index (χ1v) is 8.89. The van der Waals surface area contributed by atoms with E-state index >= 15 is 0 Å². The zero-order valence-electron chi connectivity index (χ0n) is 15.3. The molecule has 0 amide bonds. The van der Waals surface area contributed by atoms with Crippen molar-refractivity contribution in [3.63, 3.8) is 0 Å². The lowest BCUT2D eigenvalue weighted by Gasteiger charge is -2.02. The summed E-state index contributed by atoms with van der Waals surface area (Å²) in [5.41, 5.74) is 14.3. The zero-order chi connectivity index (χ0) is 18.9. The summed E-state index contributed by atoms with van der Waals surface area (Å²) in [7, 11) is 0. The van der Waals surface area contributed by atoms with E-state index in [0.717, 1.165) is 53.9 Å². The highest BCUT2D eigenvalue weighted by atomic mass is 16.4. The Balaban J connectivity index is 1.94. The SMILES string of the molecule is CC1=N/C(=C\c2ccc(CCCCCN=[N+]=[N-])[nH]2)C(C)=C1CCC(=O)O. The van der Waals surface area contributed by atoms with Crippen molar-refractivity contribution in [1.82, 2.24) is 4.98 Å². The molecule has 1 aliphatic heterocycles. The van der Waals surface area contributed by atoms with Gasteiger partial charge in [-0.05, 0) is 74.4 Å². The van der Waals surface area contributed by atoms with Crippen molar-refractivity contribution in [2.24, 2.45) is 10.1 Å². The molecule has 1 aliphatic rings. The number of aromatic nitrogens is 1. The topological polar surface area (TPSA) is 114 Å². The lowest BCUT2D eigenvalue weighted by atomic mass is 10.0. The first-order chi connectivity index (χ1) is 12.5. The third-order valence-corrected chi connectivity index (χ3v) is 4.48. The number of nitrogens with zero attached hydrogens (tertiary/aromatic N) is 4. The lowest BCUT2D eigenvalue weighted by Crippen LogP contribution is -2.00. The maximum atomic E-state index is 10.8. The summed E-state index contributed by atoms with van der Waals surface area (Å²) in [4.78, 5) is 21.5. The van der Waals surface area contributed by atoms with Crippen molar-refractivity contribution in [1.29, 1.82) is 0 Å². The molecule has 2 rings (SSSR count). The maximum absolute atomic E-state index is 10.8. The third kappa shape index (κ3) is 5.63. The van der Waals surface area contributed by atoms with Gasteiger partial charge in [0.25, 0.3) is 0 Å². The number of carboxylic acids is 1. The van der Waals surface area contributed by atoms with E-state index in [1.807, 2.05) is 26.0 Å². The highest BCUT2D eigenvalue weighted by Crippen LogP contribution is 2.29. The Bertz CT molecular complexity index is 795. The number of allylic oxidation sites excluding steroid dienone is 2. The monoisotopic (exact) mass is 355 g/mol. The Labute approximate surface area is 153 Å². The fraction of sp³-hybridized carbons (Fsp3) is 0.474. The molecule has 1 aromatic heterocycles. The molecule has 0 radical (unpaired) electrons. The predicted molar refractivity (Wildman–Crippen MR) is 103 cm³/mol. The maximum Gasteiger partial charge on any atom is 0.303 e. The second-order valence-electron chi connectivity index (χ2n) is 6.43. The number of aliphatic carboxylic acids is 1. The van der Waals surface area contributed by atoms with E-state index in [4.69, 9.17) is 10.6 Å². The molecule has 1 aromatic rings. The van der Waals surface area contributed by atoms with E-state index in [0.29, 0.717) is 13.0 Å². The summed E-state index contributed by atoms with van der Waals surface area (Å²) in [6, 6.07) is 4.12. The third-order valence-electron chi connectivity index (χ3n) is 4.48. The Morgan fingerprint density at radius 3 is 2.85 bits per heavy atom. The lowest BCUT2D eigenvalue weighted by molar-refractivity contribution is -0.136. The molecule has 26 heavy (non-hydrogen) atoms. The van der Waals surface area contributed by atoms with Crippen LogP contribution in [0.3, 0.4) is 0 Å². The van der Waals surface area contributed by atoms with Gasteiger partial charge in [0.15, 0.2) is 0 Å². The number of carboxylic acid groups (broad SMARTS) is 1. The Morgan fingerprint density at radius 2 is 2.12 bits per heavy atom. The van der Waals surface area contributed by atoms with Crippen LogP contribution in [0.2, 0.25) is 0 Å². The normalized spacial score (nSPS) is 15.3. The van der Waals surface area contributed by atoms with Crippen LogP contribution in [0.15, 0.2) is 39.1 Å². The molecule has 0 atom stereocenters. The minimum Gasteiger partial charge on any atom is -0.481 e. The minimum absolute atomic E-state index is 0.124. The molecule has 0 aliphatic carbocycles. The quantitative estimate of drug-likeness (QED) is 0.265. The van der Waals surface area contributed by atoms with Gasteiger partial charge in [-0.1, -0.05) is 11.5 Å². The second kappa shape index (κ2) is 9.63. The first-order valence-electron chi connectivity index (χ1n) is 8.89. The molecular weight excluding hydrogens is 330 g/mol. The van der Waals surface area contributed by atoms with Crippen molar-refractivity contribution in [3.8, 4) is 0 Å². The van der Waals surface area contributed by atoms with Crippen molar-refractivity contribution in [3.05, 3.63) is 50.8 Å². The van der Waals surface area contributed by atoms with Crippen LogP contribution in [0.25, 0.3) is 16.5 Å². The summed E-state index contributed by atoms with van der Waals surface area (Å²) in [5, 5.41) is 12.4. The number of hydrogen-bond donors (Lipinski definition) is 2. The molecule has 0 saturated heterocycles. The zero-order valence-corrected chi connectivity index (χ0v) is 15.3. The van der Waals surface area contributed by atoms with Gasteiger partial charge in [-0.25, -0.2) is 0 Å². The number of azide groups is 1. The van der Waals surface area contributed by atoms with Gasteiger partial charge in [-0.2, -0.15) is 0 Å². The number of carbonyl (C=O) groups is 1. The molecular formula is C19H25N5O2. The number of H-pyrrole nitrogens is 1. The molecule has 0 spiro atoms. The van der Waals surface area contributed by atoms with Gasteiger partial charge in [0.2, 0.25) is 0 Å². The van der Waals surface area contributed by atoms with Gasteiger partial charge in [0, 0.05) is 35.0 Å². The van der Waals surface area contributed by atoms with Crippen LogP contribution in [0.1, 0.15) is 57.3 Å². The number of hydrogen-bond acceptors (Lipinski definition) is 3. The number of nitrogens with one attached hydrogen (secondary N) is 1. The Hall–Kier alpha value is -2.79. The number of aromatic amines is 1. The van der Waals surface area contributed by atoms with Crippen LogP contribution >= 0.6 is 0 Å². The van der Waals surface area contributed by atoms with Crippen molar-refractivity contribution >= 4 is 17.8 Å². The highest BCUT2D eigenvalue weighted by molar-refractivity contribution is 6.04. The van der Waals surface area contributed by atoms with Crippen molar-refractivity contribution in [2.45, 2.75) is 52.4 Å². The number of unbranched alkanes of at least 4 members (excludes halogenated alkanes) is 2. The van der Waals surface area contributed by atoms with Gasteiger partial charge in [-0.3, -0.25) is 9.79 Å². The van der Waals surface area contributed by atoms with Gasteiger partial charge in [0.1, 0.15) is 0 Å². The Kier molecular flexibility index (Phi) is 7.24. The smallest absolute Gasteiger partial charge is 0.303 e. The van der Waals surface area contributed by atoms with Crippen LogP contribution in [-0.2, 0) is 11.2 Å². The van der Waals surface area contributed by atoms with E-state index in [-0.39, 0.29) is 6.42 Å². The average Bonchev–Trinajstić information content (AvgIpc) is 3.14. The number of aryl methyl sites for hydroxylation is 1. The first kappa shape index (κ1) is 19.5. The van der Waals surface area contributed by atoms with Gasteiger partial charge in [-0.15, -0.1) is 0 Å². The molecule has 138 valence electrons. The summed E-state index contributed by atoms with van der Waals surface area (Å²) in [5.74, 6) is -0.788. The van der Waals surface area contributed by atoms with E-state index in [1.165, 1.54) is 5.69 Å². The Morgan fingerprint density at radius 1 is 1.31 bits per heavy atom. The summed E-state index contributed by atoms with van der Waals surface area (Å²) < 4.78 is 0. The van der Waals surface area contributed by atoms with Crippen LogP contribution in [0.4, 0.5) is 0 Å². The molecule has 0 saturated carbocycles. The van der Waals surface area contributed by atoms with E-state index in [9.17, 15) is 4.79 Å². The summed E-state index contributed by atoms with van der Waals surface area (Å²) in [6.07, 6.45) is 6.61. The fourth-order valence-corrected chi connectivity index (χ4v) is 3.05. The predicted octanol–water partition coefficient (Wildman–Crippen LogP) is 5.03. The van der Waals surface area contributed by atoms with Crippen molar-refractivity contribution < 1.29 is 9.90 Å². The second-order valence-corrected chi connectivity index (χ2v) is 6.43. The molecule has 0 unspecified atom stereocenters. The number of rotatable bonds is 10. The number of aliphatic imine (C=N–C) groups is 1. The van der Waals surface area contributed by atoms with Crippen LogP contribution in [0.5, 0.6) is 0 Å². The molecule has 0 fully saturated rings. The average molecular weight is 355 g/mol. The standard InChI is InChI=1S/C19H25N5O2/c1-13-17(9-10-19(25)26)14(2)22-18(13)12-16-8-7-15(23-16)6-4-3-5-11-21-24-20/h7-8,12,23H,3-6,9-11H2,1-2H3,(H,25,26)/b18-12-. The van der Waals surface area contributed by atoms with Crippen LogP contribution in [-0.4, -0.2) is 28.3 Å². The van der Waals surface area contributed by atoms with E-state index < -0.39 is 5.97 Å². The van der Waals surface area contributed by atoms with Crippen molar-refractivity contribution in [2.75, 3.05) is 6.54 Å². The molecule has 7 nitrogen and oxygen atoms in total. The highest BCUT2D eigenvalue weighted by Gasteiger charge is 2.18. The fourth-order valence-electron chi connectivity index (χ4n) is 3.05. The molecule has 2 heterocycles.